The van der Waals surface area contributed by atoms with E-state index in [2.05, 4.69) is 27.0 Å². The Morgan fingerprint density at radius 3 is 2.62 bits per heavy atom. The van der Waals surface area contributed by atoms with Gasteiger partial charge in [0, 0.05) is 18.9 Å². The Kier molecular flexibility index (Phi) is 6.31. The number of anilines is 2. The quantitative estimate of drug-likeness (QED) is 0.800. The summed E-state index contributed by atoms with van der Waals surface area (Å²) in [5, 5.41) is 16.2. The highest BCUT2D eigenvalue weighted by atomic mass is 16.3. The molecule has 2 aromatic rings. The molecule has 7 nitrogen and oxygen atoms in total. The van der Waals surface area contributed by atoms with Crippen LogP contribution in [0.4, 0.5) is 11.8 Å². The van der Waals surface area contributed by atoms with Crippen LogP contribution in [0.15, 0.2) is 30.7 Å². The van der Waals surface area contributed by atoms with E-state index < -0.39 is 0 Å². The first-order valence-electron chi connectivity index (χ1n) is 8.19. The smallest absolute Gasteiger partial charge is 0.220 e. The lowest BCUT2D eigenvalue weighted by Crippen LogP contribution is -2.09. The van der Waals surface area contributed by atoms with Crippen LogP contribution in [-0.2, 0) is 7.05 Å². The molecule has 0 bridgehead atoms. The largest absolute Gasteiger partial charge is 0.393 e. The second kappa shape index (κ2) is 8.44. The molecule has 130 valence electrons. The molecule has 0 aromatic carbocycles. The molecule has 0 saturated heterocycles. The van der Waals surface area contributed by atoms with Gasteiger partial charge in [0.15, 0.2) is 0 Å². The highest BCUT2D eigenvalue weighted by Crippen LogP contribution is 2.26. The third-order valence-electron chi connectivity index (χ3n) is 3.80. The molecule has 24 heavy (non-hydrogen) atoms. The van der Waals surface area contributed by atoms with Crippen molar-refractivity contribution in [2.24, 2.45) is 7.05 Å². The summed E-state index contributed by atoms with van der Waals surface area (Å²) >= 11 is 0. The van der Waals surface area contributed by atoms with Gasteiger partial charge in [-0.2, -0.15) is 5.10 Å². The van der Waals surface area contributed by atoms with Gasteiger partial charge in [-0.25, -0.2) is 9.97 Å². The third kappa shape index (κ3) is 5.06. The Bertz CT molecular complexity index is 675. The summed E-state index contributed by atoms with van der Waals surface area (Å²) in [5.74, 6) is 1.07. The highest BCUT2D eigenvalue weighted by Gasteiger charge is 2.12. The maximum absolute atomic E-state index is 8.91. The van der Waals surface area contributed by atoms with Crippen molar-refractivity contribution in [3.63, 3.8) is 0 Å². The summed E-state index contributed by atoms with van der Waals surface area (Å²) in [6.07, 6.45) is 9.27. The van der Waals surface area contributed by atoms with Crippen LogP contribution in [0.5, 0.6) is 0 Å². The van der Waals surface area contributed by atoms with Gasteiger partial charge in [-0.15, -0.1) is 0 Å². The van der Waals surface area contributed by atoms with E-state index in [4.69, 9.17) is 10.8 Å². The lowest BCUT2D eigenvalue weighted by molar-refractivity contribution is 0.130. The molecule has 0 atom stereocenters. The topological polar surface area (TPSA) is 102 Å². The van der Waals surface area contributed by atoms with E-state index in [1.165, 1.54) is 19.3 Å². The predicted octanol–water partition coefficient (Wildman–Crippen LogP) is 2.72. The van der Waals surface area contributed by atoms with Crippen molar-refractivity contribution in [2.75, 3.05) is 11.1 Å². The molecule has 0 spiro atoms. The summed E-state index contributed by atoms with van der Waals surface area (Å²) in [7, 11) is 1.85. The predicted molar refractivity (Wildman–Crippen MR) is 96.2 cm³/mol. The number of aliphatic hydroxyl groups is 1. The molecule has 1 saturated carbocycles. The minimum absolute atomic E-state index is 0.0359. The zero-order valence-corrected chi connectivity index (χ0v) is 14.4. The second-order valence-electron chi connectivity index (χ2n) is 6.03. The van der Waals surface area contributed by atoms with Gasteiger partial charge in [0.05, 0.1) is 23.6 Å². The van der Waals surface area contributed by atoms with Gasteiger partial charge in [0.25, 0.3) is 0 Å². The molecule has 0 radical (unpaired) electrons. The molecule has 2 heterocycles. The first kappa shape index (κ1) is 17.9. The first-order chi connectivity index (χ1) is 11.5. The number of hydrogen-bond donors (Lipinski definition) is 3. The van der Waals surface area contributed by atoms with Gasteiger partial charge in [0.1, 0.15) is 5.82 Å². The Balaban J connectivity index is 0.000000249. The average molecular weight is 330 g/mol. The van der Waals surface area contributed by atoms with E-state index in [1.807, 2.05) is 14.0 Å². The fraction of sp³-hybridized carbons (Fsp3) is 0.471. The van der Waals surface area contributed by atoms with Crippen LogP contribution < -0.4 is 11.1 Å². The van der Waals surface area contributed by atoms with Crippen molar-refractivity contribution < 1.29 is 5.11 Å². The van der Waals surface area contributed by atoms with Crippen molar-refractivity contribution in [3.05, 3.63) is 30.7 Å². The van der Waals surface area contributed by atoms with E-state index in [9.17, 15) is 0 Å². The van der Waals surface area contributed by atoms with Crippen LogP contribution in [0, 0.1) is 0 Å². The fourth-order valence-corrected chi connectivity index (χ4v) is 2.58. The Labute approximate surface area is 142 Å². The van der Waals surface area contributed by atoms with Crippen LogP contribution in [0.1, 0.15) is 39.0 Å². The van der Waals surface area contributed by atoms with E-state index in [1.54, 1.807) is 23.1 Å². The molecule has 3 rings (SSSR count). The maximum atomic E-state index is 8.91. The van der Waals surface area contributed by atoms with Crippen LogP contribution in [0.2, 0.25) is 0 Å². The minimum atomic E-state index is 0.0359. The van der Waals surface area contributed by atoms with Crippen LogP contribution in [0.3, 0.4) is 0 Å². The van der Waals surface area contributed by atoms with Gasteiger partial charge in [0.2, 0.25) is 5.95 Å². The Morgan fingerprint density at radius 1 is 1.38 bits per heavy atom. The number of aryl methyl sites for hydroxylation is 1. The highest BCUT2D eigenvalue weighted by molar-refractivity contribution is 5.73. The molecular weight excluding hydrogens is 304 g/mol. The summed E-state index contributed by atoms with van der Waals surface area (Å²) in [4.78, 5) is 8.03. The summed E-state index contributed by atoms with van der Waals surface area (Å²) in [6.45, 7) is 5.69. The molecule has 2 aromatic heterocycles. The van der Waals surface area contributed by atoms with Crippen molar-refractivity contribution >= 4 is 11.8 Å². The van der Waals surface area contributed by atoms with Crippen LogP contribution in [-0.4, -0.2) is 31.0 Å². The van der Waals surface area contributed by atoms with Gasteiger partial charge in [-0.05, 0) is 25.8 Å². The summed E-state index contributed by atoms with van der Waals surface area (Å²) in [6, 6.07) is 1.79. The number of aromatic nitrogens is 4. The Morgan fingerprint density at radius 2 is 2.08 bits per heavy atom. The minimum Gasteiger partial charge on any atom is -0.393 e. The number of nitrogens with one attached hydrogen (secondary N) is 1. The molecule has 1 aliphatic rings. The molecule has 0 amide bonds. The second-order valence-corrected chi connectivity index (χ2v) is 6.03. The third-order valence-corrected chi connectivity index (χ3v) is 3.80. The molecule has 0 unspecified atom stereocenters. The molecule has 1 aliphatic carbocycles. The van der Waals surface area contributed by atoms with E-state index >= 15 is 0 Å². The SMILES string of the molecule is C=C(C)Nc1c(-c2ccnc(N)n2)cnn1C.OC1CCCCC1. The fourth-order valence-electron chi connectivity index (χ4n) is 2.58. The maximum Gasteiger partial charge on any atom is 0.220 e. The zero-order valence-electron chi connectivity index (χ0n) is 14.4. The van der Waals surface area contributed by atoms with Gasteiger partial charge >= 0.3 is 0 Å². The molecule has 7 heteroatoms. The number of rotatable bonds is 3. The van der Waals surface area contributed by atoms with Gasteiger partial charge in [-0.1, -0.05) is 25.8 Å². The Hall–Kier alpha value is -2.41. The lowest BCUT2D eigenvalue weighted by atomic mass is 9.98. The molecule has 0 aliphatic heterocycles. The first-order valence-corrected chi connectivity index (χ1v) is 8.19. The molecular formula is C17H26N6O. The van der Waals surface area contributed by atoms with Crippen molar-refractivity contribution in [2.45, 2.75) is 45.1 Å². The normalized spacial score (nSPS) is 14.6. The van der Waals surface area contributed by atoms with Crippen molar-refractivity contribution in [1.82, 2.24) is 19.7 Å². The number of nitrogens with zero attached hydrogens (tertiary/aromatic N) is 4. The number of nitrogens with two attached hydrogens (primary N) is 1. The molecule has 1 fully saturated rings. The van der Waals surface area contributed by atoms with E-state index in [0.717, 1.165) is 35.6 Å². The van der Waals surface area contributed by atoms with Crippen LogP contribution >= 0.6 is 0 Å². The number of aliphatic hydroxyl groups excluding tert-OH is 1. The molecule has 4 N–H and O–H groups in total. The average Bonchev–Trinajstić information content (AvgIpc) is 2.89. The van der Waals surface area contributed by atoms with Crippen molar-refractivity contribution in [3.8, 4) is 11.3 Å². The number of allylic oxidation sites excluding steroid dienone is 1. The van der Waals surface area contributed by atoms with E-state index in [0.29, 0.717) is 0 Å². The van der Waals surface area contributed by atoms with Crippen molar-refractivity contribution in [1.29, 1.82) is 0 Å². The van der Waals surface area contributed by atoms with Crippen LogP contribution in [0.25, 0.3) is 11.3 Å². The van der Waals surface area contributed by atoms with Gasteiger partial charge in [-0.3, -0.25) is 4.68 Å². The zero-order chi connectivity index (χ0) is 17.5. The monoisotopic (exact) mass is 330 g/mol. The summed E-state index contributed by atoms with van der Waals surface area (Å²) in [5.41, 5.74) is 7.99. The number of hydrogen-bond acceptors (Lipinski definition) is 6. The van der Waals surface area contributed by atoms with Gasteiger partial charge < -0.3 is 16.2 Å². The standard InChI is InChI=1S/C11H14N6.C6H12O/c1-7(2)15-10-8(6-14-17(10)3)9-4-5-13-11(12)16-9;7-6-4-2-1-3-5-6/h4-6,15H,1H2,2-3H3,(H2,12,13,16);6-7H,1-5H2. The van der Waals surface area contributed by atoms with E-state index in [-0.39, 0.29) is 12.1 Å². The summed E-state index contributed by atoms with van der Waals surface area (Å²) < 4.78 is 1.72. The lowest BCUT2D eigenvalue weighted by Gasteiger charge is -2.14. The number of nitrogen functional groups attached to an aromatic ring is 1.